The van der Waals surface area contributed by atoms with E-state index in [0.717, 1.165) is 5.65 Å². The number of ether oxygens (including phenoxy) is 1. The van der Waals surface area contributed by atoms with Crippen molar-refractivity contribution in [2.24, 2.45) is 0 Å². The summed E-state index contributed by atoms with van der Waals surface area (Å²) < 4.78 is 20.9. The Kier molecular flexibility index (Phi) is 3.58. The van der Waals surface area contributed by atoms with Gasteiger partial charge in [0, 0.05) is 18.8 Å². The highest BCUT2D eigenvalue weighted by molar-refractivity contribution is 5.40. The van der Waals surface area contributed by atoms with Gasteiger partial charge in [-0.1, -0.05) is 18.2 Å². The molecule has 0 spiro atoms. The van der Waals surface area contributed by atoms with Crippen molar-refractivity contribution >= 4 is 5.65 Å². The van der Waals surface area contributed by atoms with Crippen LogP contribution in [-0.4, -0.2) is 21.6 Å². The number of aromatic nitrogens is 2. The molecule has 3 aromatic rings. The van der Waals surface area contributed by atoms with Crippen LogP contribution in [0.5, 0.6) is 5.75 Å². The number of hydrogen-bond acceptors (Lipinski definition) is 3. The number of aliphatic hydroxyl groups is 1. The molecular weight excluding hydrogens is 271 g/mol. The lowest BCUT2D eigenvalue weighted by Crippen LogP contribution is -2.04. The largest absolute Gasteiger partial charge is 0.494 e. The molecular formula is C16H15FN2O2. The molecule has 21 heavy (non-hydrogen) atoms. The molecule has 0 radical (unpaired) electrons. The van der Waals surface area contributed by atoms with Crippen LogP contribution in [0.25, 0.3) is 5.65 Å². The summed E-state index contributed by atoms with van der Waals surface area (Å²) in [7, 11) is 1.42. The van der Waals surface area contributed by atoms with E-state index < -0.39 is 11.9 Å². The number of aliphatic hydroxyl groups excluding tert-OH is 1. The summed E-state index contributed by atoms with van der Waals surface area (Å²) in [5.41, 5.74) is 1.67. The van der Waals surface area contributed by atoms with E-state index in [9.17, 15) is 9.50 Å². The summed E-state index contributed by atoms with van der Waals surface area (Å²) in [5, 5.41) is 10.3. The highest BCUT2D eigenvalue weighted by atomic mass is 19.1. The van der Waals surface area contributed by atoms with E-state index in [1.165, 1.54) is 7.11 Å². The van der Waals surface area contributed by atoms with Gasteiger partial charge in [-0.05, 0) is 23.8 Å². The minimum atomic E-state index is -0.869. The molecule has 3 rings (SSSR count). The number of fused-ring (bicyclic) bond motifs is 1. The molecule has 0 amide bonds. The topological polar surface area (TPSA) is 46.8 Å². The van der Waals surface area contributed by atoms with Crippen LogP contribution in [0.2, 0.25) is 0 Å². The lowest BCUT2D eigenvalue weighted by Gasteiger charge is -2.10. The number of nitrogens with zero attached hydrogens (tertiary/aromatic N) is 2. The summed E-state index contributed by atoms with van der Waals surface area (Å²) in [6.45, 7) is 0. The van der Waals surface area contributed by atoms with Gasteiger partial charge in [-0.2, -0.15) is 0 Å². The molecule has 0 saturated heterocycles. The molecule has 2 aromatic heterocycles. The summed E-state index contributed by atoms with van der Waals surface area (Å²) >= 11 is 0. The zero-order valence-corrected chi connectivity index (χ0v) is 11.5. The highest BCUT2D eigenvalue weighted by Crippen LogP contribution is 2.25. The van der Waals surface area contributed by atoms with Crippen LogP contribution >= 0.6 is 0 Å². The minimum Gasteiger partial charge on any atom is -0.494 e. The Balaban J connectivity index is 1.87. The van der Waals surface area contributed by atoms with Crippen molar-refractivity contribution in [2.75, 3.05) is 7.11 Å². The maximum Gasteiger partial charge on any atom is 0.168 e. The number of benzene rings is 1. The standard InChI is InChI=1S/C16H15FN2O2/c1-21-14-6-4-5-11(16(14)17)9-13(20)12-10-19-8-3-2-7-15(19)18-12/h2-8,10,13,20H,9H2,1H3. The van der Waals surface area contributed by atoms with E-state index in [1.807, 2.05) is 28.8 Å². The van der Waals surface area contributed by atoms with E-state index in [0.29, 0.717) is 11.3 Å². The van der Waals surface area contributed by atoms with Gasteiger partial charge in [-0.25, -0.2) is 9.37 Å². The third-order valence-corrected chi connectivity index (χ3v) is 3.40. The van der Waals surface area contributed by atoms with Crippen molar-refractivity contribution in [3.63, 3.8) is 0 Å². The Labute approximate surface area is 121 Å². The first-order chi connectivity index (χ1) is 10.2. The van der Waals surface area contributed by atoms with Crippen LogP contribution in [-0.2, 0) is 6.42 Å². The van der Waals surface area contributed by atoms with Crippen LogP contribution in [0, 0.1) is 5.82 Å². The average Bonchev–Trinajstić information content (AvgIpc) is 2.93. The van der Waals surface area contributed by atoms with Gasteiger partial charge in [-0.3, -0.25) is 0 Å². The van der Waals surface area contributed by atoms with Crippen molar-refractivity contribution in [3.05, 3.63) is 65.9 Å². The summed E-state index contributed by atoms with van der Waals surface area (Å²) in [6, 6.07) is 10.5. The first-order valence-corrected chi connectivity index (χ1v) is 6.62. The minimum absolute atomic E-state index is 0.146. The molecule has 0 aliphatic rings. The molecule has 0 aliphatic carbocycles. The molecule has 1 unspecified atom stereocenters. The fraction of sp³-hybridized carbons (Fsp3) is 0.188. The molecule has 0 bridgehead atoms. The predicted molar refractivity (Wildman–Crippen MR) is 76.8 cm³/mol. The van der Waals surface area contributed by atoms with Crippen LogP contribution < -0.4 is 4.74 Å². The third kappa shape index (κ3) is 2.60. The Morgan fingerprint density at radius 2 is 2.14 bits per heavy atom. The third-order valence-electron chi connectivity index (χ3n) is 3.40. The Hall–Kier alpha value is -2.40. The first-order valence-electron chi connectivity index (χ1n) is 6.62. The molecule has 0 aliphatic heterocycles. The quantitative estimate of drug-likeness (QED) is 0.802. The van der Waals surface area contributed by atoms with Gasteiger partial charge < -0.3 is 14.2 Å². The Morgan fingerprint density at radius 1 is 1.29 bits per heavy atom. The molecule has 0 saturated carbocycles. The Bertz CT molecular complexity index is 737. The maximum absolute atomic E-state index is 14.1. The Morgan fingerprint density at radius 3 is 2.90 bits per heavy atom. The van der Waals surface area contributed by atoms with Crippen LogP contribution in [0.15, 0.2) is 48.8 Å². The van der Waals surface area contributed by atoms with Crippen LogP contribution in [0.4, 0.5) is 4.39 Å². The van der Waals surface area contributed by atoms with Gasteiger partial charge in [-0.15, -0.1) is 0 Å². The van der Waals surface area contributed by atoms with Gasteiger partial charge in [0.25, 0.3) is 0 Å². The number of rotatable bonds is 4. The molecule has 5 heteroatoms. The molecule has 1 N–H and O–H groups in total. The van der Waals surface area contributed by atoms with Gasteiger partial charge in [0.15, 0.2) is 11.6 Å². The first kappa shape index (κ1) is 13.6. The molecule has 0 fully saturated rings. The second-order valence-electron chi connectivity index (χ2n) is 4.79. The number of imidazole rings is 1. The second-order valence-corrected chi connectivity index (χ2v) is 4.79. The number of hydrogen-bond donors (Lipinski definition) is 1. The smallest absolute Gasteiger partial charge is 0.168 e. The molecule has 4 nitrogen and oxygen atoms in total. The van der Waals surface area contributed by atoms with Gasteiger partial charge in [0.2, 0.25) is 0 Å². The fourth-order valence-corrected chi connectivity index (χ4v) is 2.30. The zero-order chi connectivity index (χ0) is 14.8. The highest BCUT2D eigenvalue weighted by Gasteiger charge is 2.16. The fourth-order valence-electron chi connectivity index (χ4n) is 2.30. The van der Waals surface area contributed by atoms with Crippen molar-refractivity contribution in [2.45, 2.75) is 12.5 Å². The van der Waals surface area contributed by atoms with Crippen molar-refractivity contribution < 1.29 is 14.2 Å². The van der Waals surface area contributed by atoms with Gasteiger partial charge >= 0.3 is 0 Å². The lowest BCUT2D eigenvalue weighted by atomic mass is 10.1. The number of methoxy groups -OCH3 is 1. The number of halogens is 1. The van der Waals surface area contributed by atoms with E-state index in [1.54, 1.807) is 24.4 Å². The van der Waals surface area contributed by atoms with Gasteiger partial charge in [0.1, 0.15) is 11.8 Å². The van der Waals surface area contributed by atoms with Crippen molar-refractivity contribution in [3.8, 4) is 5.75 Å². The van der Waals surface area contributed by atoms with E-state index in [2.05, 4.69) is 4.98 Å². The van der Waals surface area contributed by atoms with Crippen molar-refractivity contribution in [1.82, 2.24) is 9.38 Å². The molecule has 108 valence electrons. The summed E-state index contributed by atoms with van der Waals surface area (Å²) in [6.07, 6.45) is 2.88. The predicted octanol–water partition coefficient (Wildman–Crippen LogP) is 2.76. The monoisotopic (exact) mass is 286 g/mol. The van der Waals surface area contributed by atoms with E-state index in [4.69, 9.17) is 4.74 Å². The maximum atomic E-state index is 14.1. The zero-order valence-electron chi connectivity index (χ0n) is 11.5. The summed E-state index contributed by atoms with van der Waals surface area (Å²) in [4.78, 5) is 4.34. The number of pyridine rings is 1. The molecule has 1 atom stereocenters. The average molecular weight is 286 g/mol. The van der Waals surface area contributed by atoms with Crippen LogP contribution in [0.3, 0.4) is 0 Å². The molecule has 1 aromatic carbocycles. The van der Waals surface area contributed by atoms with E-state index in [-0.39, 0.29) is 12.2 Å². The lowest BCUT2D eigenvalue weighted by molar-refractivity contribution is 0.172. The molecule has 2 heterocycles. The SMILES string of the molecule is COc1cccc(CC(O)c2cn3ccccc3n2)c1F. The normalized spacial score (nSPS) is 12.5. The summed E-state index contributed by atoms with van der Waals surface area (Å²) in [5.74, 6) is -0.266. The van der Waals surface area contributed by atoms with E-state index >= 15 is 0 Å². The van der Waals surface area contributed by atoms with Gasteiger partial charge in [0.05, 0.1) is 12.8 Å². The van der Waals surface area contributed by atoms with Crippen LogP contribution in [0.1, 0.15) is 17.4 Å². The van der Waals surface area contributed by atoms with Crippen molar-refractivity contribution in [1.29, 1.82) is 0 Å². The second kappa shape index (κ2) is 5.54.